The number of aromatic nitrogens is 5. The standard InChI is InChI=1S/C13H13F3N6/c14-13(15,16)12-20-19-11-6-21(3-4-22(11)12)10-5-9(8-1-2-8)17-7-18-10/h5,7-8H,1-4,6H2. The summed E-state index contributed by atoms with van der Waals surface area (Å²) in [7, 11) is 0. The van der Waals surface area contributed by atoms with Crippen molar-refractivity contribution in [1.82, 2.24) is 24.7 Å². The van der Waals surface area contributed by atoms with E-state index in [9.17, 15) is 13.2 Å². The van der Waals surface area contributed by atoms with E-state index < -0.39 is 12.0 Å². The van der Waals surface area contributed by atoms with E-state index in [1.165, 1.54) is 6.33 Å². The summed E-state index contributed by atoms with van der Waals surface area (Å²) in [5.74, 6) is 0.625. The molecule has 3 heterocycles. The molecule has 0 N–H and O–H groups in total. The molecule has 1 aliphatic carbocycles. The zero-order valence-corrected chi connectivity index (χ0v) is 11.6. The van der Waals surface area contributed by atoms with Crippen LogP contribution in [-0.2, 0) is 19.3 Å². The van der Waals surface area contributed by atoms with E-state index in [0.717, 1.165) is 28.9 Å². The summed E-state index contributed by atoms with van der Waals surface area (Å²) in [6.45, 7) is 0.902. The van der Waals surface area contributed by atoms with Gasteiger partial charge in [0.05, 0.1) is 6.54 Å². The Labute approximate surface area is 124 Å². The number of nitrogens with zero attached hydrogens (tertiary/aromatic N) is 6. The molecular formula is C13H13F3N6. The van der Waals surface area contributed by atoms with Crippen LogP contribution in [0, 0.1) is 0 Å². The summed E-state index contributed by atoms with van der Waals surface area (Å²) in [6.07, 6.45) is -0.676. The van der Waals surface area contributed by atoms with Crippen LogP contribution in [-0.4, -0.2) is 31.3 Å². The van der Waals surface area contributed by atoms with Gasteiger partial charge in [-0.2, -0.15) is 13.2 Å². The lowest BCUT2D eigenvalue weighted by atomic mass is 10.2. The highest BCUT2D eigenvalue weighted by Crippen LogP contribution is 2.39. The van der Waals surface area contributed by atoms with Gasteiger partial charge in [-0.15, -0.1) is 10.2 Å². The van der Waals surface area contributed by atoms with Crippen molar-refractivity contribution >= 4 is 5.82 Å². The summed E-state index contributed by atoms with van der Waals surface area (Å²) < 4.78 is 39.6. The minimum atomic E-state index is -4.47. The van der Waals surface area contributed by atoms with E-state index in [2.05, 4.69) is 20.2 Å². The Morgan fingerprint density at radius 2 is 1.91 bits per heavy atom. The SMILES string of the molecule is FC(F)(F)c1nnc2n1CCN(c1cc(C3CC3)ncn1)C2. The summed E-state index contributed by atoms with van der Waals surface area (Å²) in [5, 5.41) is 6.96. The smallest absolute Gasteiger partial charge is 0.347 e. The van der Waals surface area contributed by atoms with Crippen molar-refractivity contribution < 1.29 is 13.2 Å². The first-order valence-electron chi connectivity index (χ1n) is 7.08. The van der Waals surface area contributed by atoms with Crippen molar-refractivity contribution in [2.24, 2.45) is 0 Å². The first kappa shape index (κ1) is 13.5. The van der Waals surface area contributed by atoms with E-state index in [4.69, 9.17) is 0 Å². The third-order valence-electron chi connectivity index (χ3n) is 4.00. The zero-order valence-electron chi connectivity index (χ0n) is 11.6. The molecule has 22 heavy (non-hydrogen) atoms. The molecule has 0 saturated heterocycles. The Kier molecular flexibility index (Phi) is 2.85. The molecule has 1 saturated carbocycles. The zero-order chi connectivity index (χ0) is 15.3. The van der Waals surface area contributed by atoms with Gasteiger partial charge in [-0.05, 0) is 12.8 Å². The van der Waals surface area contributed by atoms with Crippen LogP contribution in [0.5, 0.6) is 0 Å². The molecule has 0 spiro atoms. The fourth-order valence-electron chi connectivity index (χ4n) is 2.70. The predicted molar refractivity (Wildman–Crippen MR) is 70.1 cm³/mol. The molecule has 6 nitrogen and oxygen atoms in total. The Bertz CT molecular complexity index is 706. The van der Waals surface area contributed by atoms with Crippen LogP contribution in [0.1, 0.15) is 36.1 Å². The third-order valence-corrected chi connectivity index (χ3v) is 4.00. The van der Waals surface area contributed by atoms with E-state index in [0.29, 0.717) is 18.3 Å². The summed E-state index contributed by atoms with van der Waals surface area (Å²) in [4.78, 5) is 10.4. The Hall–Kier alpha value is -2.19. The van der Waals surface area contributed by atoms with Crippen molar-refractivity contribution in [2.75, 3.05) is 11.4 Å². The van der Waals surface area contributed by atoms with Gasteiger partial charge >= 0.3 is 6.18 Å². The van der Waals surface area contributed by atoms with Crippen LogP contribution in [0.2, 0.25) is 0 Å². The lowest BCUT2D eigenvalue weighted by Crippen LogP contribution is -2.35. The average Bonchev–Trinajstić information content (AvgIpc) is 3.25. The second-order valence-corrected chi connectivity index (χ2v) is 5.59. The monoisotopic (exact) mass is 310 g/mol. The van der Waals surface area contributed by atoms with Gasteiger partial charge in [0.25, 0.3) is 0 Å². The maximum Gasteiger partial charge on any atom is 0.451 e. The largest absolute Gasteiger partial charge is 0.451 e. The van der Waals surface area contributed by atoms with Crippen molar-refractivity contribution in [3.8, 4) is 0 Å². The van der Waals surface area contributed by atoms with Crippen molar-refractivity contribution in [3.05, 3.63) is 29.7 Å². The van der Waals surface area contributed by atoms with Gasteiger partial charge in [0.15, 0.2) is 5.82 Å². The molecule has 2 aromatic rings. The predicted octanol–water partition coefficient (Wildman–Crippen LogP) is 1.98. The summed E-state index contributed by atoms with van der Waals surface area (Å²) in [6, 6.07) is 1.92. The molecular weight excluding hydrogens is 297 g/mol. The molecule has 0 atom stereocenters. The minimum absolute atomic E-state index is 0.194. The van der Waals surface area contributed by atoms with E-state index in [-0.39, 0.29) is 13.1 Å². The van der Waals surface area contributed by atoms with Gasteiger partial charge in [-0.25, -0.2) is 9.97 Å². The first-order valence-corrected chi connectivity index (χ1v) is 7.08. The summed E-state index contributed by atoms with van der Waals surface area (Å²) >= 11 is 0. The molecule has 9 heteroatoms. The Morgan fingerprint density at radius 1 is 1.09 bits per heavy atom. The second kappa shape index (κ2) is 4.65. The highest BCUT2D eigenvalue weighted by atomic mass is 19.4. The number of fused-ring (bicyclic) bond motifs is 1. The van der Waals surface area contributed by atoms with Crippen LogP contribution < -0.4 is 4.90 Å². The molecule has 0 radical (unpaired) electrons. The molecule has 2 aromatic heterocycles. The van der Waals surface area contributed by atoms with Crippen LogP contribution in [0.4, 0.5) is 19.0 Å². The van der Waals surface area contributed by atoms with Gasteiger partial charge in [0.1, 0.15) is 12.1 Å². The highest BCUT2D eigenvalue weighted by Gasteiger charge is 2.39. The van der Waals surface area contributed by atoms with Crippen LogP contribution >= 0.6 is 0 Å². The van der Waals surface area contributed by atoms with Gasteiger partial charge in [0, 0.05) is 30.8 Å². The number of rotatable bonds is 2. The fraction of sp³-hybridized carbons (Fsp3) is 0.538. The van der Waals surface area contributed by atoms with E-state index in [1.807, 2.05) is 11.0 Å². The lowest BCUT2D eigenvalue weighted by Gasteiger charge is -2.28. The van der Waals surface area contributed by atoms with Crippen molar-refractivity contribution in [1.29, 1.82) is 0 Å². The van der Waals surface area contributed by atoms with Crippen molar-refractivity contribution in [2.45, 2.75) is 38.0 Å². The first-order chi connectivity index (χ1) is 10.5. The van der Waals surface area contributed by atoms with Gasteiger partial charge in [0.2, 0.25) is 5.82 Å². The second-order valence-electron chi connectivity index (χ2n) is 5.59. The number of hydrogen-bond acceptors (Lipinski definition) is 5. The molecule has 1 aliphatic heterocycles. The maximum absolute atomic E-state index is 12.8. The lowest BCUT2D eigenvalue weighted by molar-refractivity contribution is -0.147. The molecule has 4 rings (SSSR count). The summed E-state index contributed by atoms with van der Waals surface area (Å²) in [5.41, 5.74) is 1.01. The van der Waals surface area contributed by atoms with E-state index in [1.54, 1.807) is 0 Å². The number of hydrogen-bond donors (Lipinski definition) is 0. The number of alkyl halides is 3. The Morgan fingerprint density at radius 3 is 2.64 bits per heavy atom. The molecule has 116 valence electrons. The topological polar surface area (TPSA) is 59.7 Å². The average molecular weight is 310 g/mol. The number of halogens is 3. The van der Waals surface area contributed by atoms with Gasteiger partial charge < -0.3 is 9.47 Å². The van der Waals surface area contributed by atoms with Gasteiger partial charge in [-0.3, -0.25) is 0 Å². The highest BCUT2D eigenvalue weighted by molar-refractivity contribution is 5.41. The molecule has 0 amide bonds. The molecule has 2 aliphatic rings. The molecule has 1 fully saturated rings. The maximum atomic E-state index is 12.8. The molecule has 0 unspecified atom stereocenters. The fourth-order valence-corrected chi connectivity index (χ4v) is 2.70. The van der Waals surface area contributed by atoms with Crippen molar-refractivity contribution in [3.63, 3.8) is 0 Å². The minimum Gasteiger partial charge on any atom is -0.347 e. The van der Waals surface area contributed by atoms with E-state index >= 15 is 0 Å². The molecule has 0 bridgehead atoms. The normalized spacial score (nSPS) is 18.4. The number of anilines is 1. The van der Waals surface area contributed by atoms with Gasteiger partial charge in [-0.1, -0.05) is 0 Å². The van der Waals surface area contributed by atoms with Crippen LogP contribution in [0.3, 0.4) is 0 Å². The van der Waals surface area contributed by atoms with Crippen LogP contribution in [0.25, 0.3) is 0 Å². The molecule has 0 aromatic carbocycles. The quantitative estimate of drug-likeness (QED) is 0.849. The Balaban J connectivity index is 1.60. The van der Waals surface area contributed by atoms with Crippen LogP contribution in [0.15, 0.2) is 12.4 Å². The third kappa shape index (κ3) is 2.30.